The van der Waals surface area contributed by atoms with Crippen molar-refractivity contribution in [2.75, 3.05) is 6.61 Å². The van der Waals surface area contributed by atoms with Crippen LogP contribution in [0.4, 0.5) is 8.78 Å². The van der Waals surface area contributed by atoms with Gasteiger partial charge in [0.2, 0.25) is 5.82 Å². The lowest BCUT2D eigenvalue weighted by Crippen LogP contribution is -2.00. The van der Waals surface area contributed by atoms with Gasteiger partial charge in [-0.25, -0.2) is 4.39 Å². The molecule has 0 saturated carbocycles. The summed E-state index contributed by atoms with van der Waals surface area (Å²) in [6, 6.07) is 5.10. The summed E-state index contributed by atoms with van der Waals surface area (Å²) in [5, 5.41) is 0. The van der Waals surface area contributed by atoms with E-state index < -0.39 is 11.6 Å². The third-order valence-electron chi connectivity index (χ3n) is 3.64. The van der Waals surface area contributed by atoms with Crippen molar-refractivity contribution in [1.82, 2.24) is 0 Å². The Morgan fingerprint density at radius 2 is 2.14 bits per heavy atom. The molecule has 0 spiro atoms. The number of benzene rings is 1. The molecular formula is C17H15F2IOS. The standard InChI is InChI=1S/C17H15F2IOS/c1-2-3-6-21-13-5-4-12(16(18)17(13)19)15-8-10-7-11(20)9-14(10)22-15/h2,4-5,8,11H,1,3,6-7,9H2. The zero-order valence-corrected chi connectivity index (χ0v) is 14.8. The molecule has 1 nitrogen and oxygen atoms in total. The number of alkyl halides is 1. The molecule has 0 N–H and O–H groups in total. The second-order valence-corrected chi connectivity index (χ2v) is 8.13. The van der Waals surface area contributed by atoms with E-state index in [0.717, 1.165) is 17.7 Å². The Balaban J connectivity index is 1.87. The Kier molecular flexibility index (Phi) is 4.82. The minimum Gasteiger partial charge on any atom is -0.490 e. The number of ether oxygens (including phenoxy) is 1. The highest BCUT2D eigenvalue weighted by molar-refractivity contribution is 14.1. The van der Waals surface area contributed by atoms with Gasteiger partial charge in [-0.15, -0.1) is 17.9 Å². The van der Waals surface area contributed by atoms with Gasteiger partial charge in [0.05, 0.1) is 6.61 Å². The zero-order valence-electron chi connectivity index (χ0n) is 11.9. The number of fused-ring (bicyclic) bond motifs is 1. The molecule has 0 aliphatic heterocycles. The summed E-state index contributed by atoms with van der Waals surface area (Å²) in [7, 11) is 0. The van der Waals surface area contributed by atoms with E-state index >= 15 is 0 Å². The van der Waals surface area contributed by atoms with Crippen LogP contribution in [0, 0.1) is 11.6 Å². The Hall–Kier alpha value is -0.950. The van der Waals surface area contributed by atoms with E-state index in [1.165, 1.54) is 16.5 Å². The van der Waals surface area contributed by atoms with Crippen LogP contribution < -0.4 is 4.74 Å². The normalized spacial score (nSPS) is 16.6. The fraction of sp³-hybridized carbons (Fsp3) is 0.294. The van der Waals surface area contributed by atoms with Crippen molar-refractivity contribution in [1.29, 1.82) is 0 Å². The van der Waals surface area contributed by atoms with Gasteiger partial charge < -0.3 is 4.74 Å². The summed E-state index contributed by atoms with van der Waals surface area (Å²) < 4.78 is 34.3. The van der Waals surface area contributed by atoms with E-state index in [9.17, 15) is 8.78 Å². The predicted octanol–water partition coefficient (Wildman–Crippen LogP) is 5.55. The first-order valence-electron chi connectivity index (χ1n) is 7.08. The molecule has 0 bridgehead atoms. The number of thiophene rings is 1. The van der Waals surface area contributed by atoms with Gasteiger partial charge in [0.1, 0.15) is 0 Å². The summed E-state index contributed by atoms with van der Waals surface area (Å²) in [6.45, 7) is 3.86. The zero-order chi connectivity index (χ0) is 15.7. The number of hydrogen-bond acceptors (Lipinski definition) is 2. The molecule has 1 atom stereocenters. The molecule has 116 valence electrons. The van der Waals surface area contributed by atoms with Crippen LogP contribution in [0.1, 0.15) is 16.9 Å². The number of halogens is 3. The molecule has 3 rings (SSSR count). The van der Waals surface area contributed by atoms with Crippen LogP contribution >= 0.6 is 33.9 Å². The lowest BCUT2D eigenvalue weighted by Gasteiger charge is -2.09. The van der Waals surface area contributed by atoms with E-state index in [0.29, 0.717) is 22.5 Å². The molecule has 1 aromatic heterocycles. The molecule has 0 radical (unpaired) electrons. The second kappa shape index (κ2) is 6.66. The lowest BCUT2D eigenvalue weighted by atomic mass is 10.1. The molecule has 1 heterocycles. The Morgan fingerprint density at radius 1 is 1.32 bits per heavy atom. The number of hydrogen-bond donors (Lipinski definition) is 0. The van der Waals surface area contributed by atoms with Gasteiger partial charge in [-0.05, 0) is 43.0 Å². The van der Waals surface area contributed by atoms with E-state index in [1.54, 1.807) is 23.5 Å². The first-order valence-corrected chi connectivity index (χ1v) is 9.14. The SMILES string of the molecule is C=CCCOc1ccc(-c2cc3c(s2)CC(I)C3)c(F)c1F. The maximum absolute atomic E-state index is 14.3. The topological polar surface area (TPSA) is 9.23 Å². The van der Waals surface area contributed by atoms with Gasteiger partial charge >= 0.3 is 0 Å². The maximum Gasteiger partial charge on any atom is 0.201 e. The van der Waals surface area contributed by atoms with Crippen molar-refractivity contribution in [2.24, 2.45) is 0 Å². The van der Waals surface area contributed by atoms with Crippen LogP contribution in [0.25, 0.3) is 10.4 Å². The second-order valence-electron chi connectivity index (χ2n) is 5.23. The van der Waals surface area contributed by atoms with Gasteiger partial charge in [-0.3, -0.25) is 0 Å². The van der Waals surface area contributed by atoms with Crippen molar-refractivity contribution in [3.63, 3.8) is 0 Å². The fourth-order valence-corrected chi connectivity index (χ4v) is 5.05. The van der Waals surface area contributed by atoms with Crippen LogP contribution in [0.2, 0.25) is 0 Å². The van der Waals surface area contributed by atoms with Crippen molar-refractivity contribution in [3.8, 4) is 16.2 Å². The van der Waals surface area contributed by atoms with Crippen LogP contribution in [0.3, 0.4) is 0 Å². The van der Waals surface area contributed by atoms with Crippen molar-refractivity contribution in [2.45, 2.75) is 23.2 Å². The molecule has 0 fully saturated rings. The molecular weight excluding hydrogens is 417 g/mol. The average Bonchev–Trinajstić information content (AvgIpc) is 3.01. The Morgan fingerprint density at radius 3 is 2.86 bits per heavy atom. The Labute approximate surface area is 146 Å². The van der Waals surface area contributed by atoms with Crippen LogP contribution in [-0.2, 0) is 12.8 Å². The highest BCUT2D eigenvalue weighted by Crippen LogP contribution is 2.40. The van der Waals surface area contributed by atoms with Crippen LogP contribution in [0.15, 0.2) is 30.9 Å². The van der Waals surface area contributed by atoms with E-state index in [-0.39, 0.29) is 5.75 Å². The summed E-state index contributed by atoms with van der Waals surface area (Å²) in [5.74, 6) is -1.79. The monoisotopic (exact) mass is 432 g/mol. The minimum atomic E-state index is -0.915. The smallest absolute Gasteiger partial charge is 0.201 e. The average molecular weight is 432 g/mol. The molecule has 0 amide bonds. The van der Waals surface area contributed by atoms with Crippen molar-refractivity contribution in [3.05, 3.63) is 52.9 Å². The lowest BCUT2D eigenvalue weighted by molar-refractivity contribution is 0.302. The van der Waals surface area contributed by atoms with Gasteiger partial charge in [0, 0.05) is 19.2 Å². The van der Waals surface area contributed by atoms with E-state index in [2.05, 4.69) is 29.2 Å². The van der Waals surface area contributed by atoms with Gasteiger partial charge in [0.15, 0.2) is 11.6 Å². The predicted molar refractivity (Wildman–Crippen MR) is 95.2 cm³/mol. The Bertz CT molecular complexity index is 687. The molecule has 5 heteroatoms. The molecule has 1 unspecified atom stereocenters. The summed E-state index contributed by atoms with van der Waals surface area (Å²) in [4.78, 5) is 2.09. The molecule has 1 aromatic carbocycles. The van der Waals surface area contributed by atoms with Gasteiger partial charge in [0.25, 0.3) is 0 Å². The fourth-order valence-electron chi connectivity index (χ4n) is 2.54. The van der Waals surface area contributed by atoms with Crippen molar-refractivity contribution < 1.29 is 13.5 Å². The molecule has 22 heavy (non-hydrogen) atoms. The summed E-state index contributed by atoms with van der Waals surface area (Å²) in [6.07, 6.45) is 4.31. The molecule has 2 aromatic rings. The van der Waals surface area contributed by atoms with E-state index in [4.69, 9.17) is 4.74 Å². The van der Waals surface area contributed by atoms with E-state index in [1.807, 2.05) is 6.07 Å². The highest BCUT2D eigenvalue weighted by Gasteiger charge is 2.24. The van der Waals surface area contributed by atoms with Crippen molar-refractivity contribution >= 4 is 33.9 Å². The maximum atomic E-state index is 14.3. The summed E-state index contributed by atoms with van der Waals surface area (Å²) >= 11 is 4.00. The first kappa shape index (κ1) is 15.9. The molecule has 1 aliphatic rings. The largest absolute Gasteiger partial charge is 0.490 e. The third-order valence-corrected chi connectivity index (χ3v) is 5.75. The quantitative estimate of drug-likeness (QED) is 0.261. The van der Waals surface area contributed by atoms with Crippen LogP contribution in [-0.4, -0.2) is 10.5 Å². The third kappa shape index (κ3) is 3.06. The number of rotatable bonds is 5. The van der Waals surface area contributed by atoms with Gasteiger partial charge in [-0.2, -0.15) is 4.39 Å². The minimum absolute atomic E-state index is 0.0421. The molecule has 1 aliphatic carbocycles. The van der Waals surface area contributed by atoms with Gasteiger partial charge in [-0.1, -0.05) is 28.7 Å². The molecule has 0 saturated heterocycles. The first-order chi connectivity index (χ1) is 10.6. The van der Waals surface area contributed by atoms with Crippen LogP contribution in [0.5, 0.6) is 5.75 Å². The highest BCUT2D eigenvalue weighted by atomic mass is 127. The summed E-state index contributed by atoms with van der Waals surface area (Å²) in [5.41, 5.74) is 1.59.